The van der Waals surface area contributed by atoms with E-state index in [2.05, 4.69) is 15.6 Å². The van der Waals surface area contributed by atoms with Crippen molar-refractivity contribution in [2.75, 3.05) is 11.9 Å². The van der Waals surface area contributed by atoms with Crippen LogP contribution in [0.25, 0.3) is 0 Å². The van der Waals surface area contributed by atoms with Crippen LogP contribution in [0.15, 0.2) is 18.3 Å². The summed E-state index contributed by atoms with van der Waals surface area (Å²) in [6.45, 7) is 2.82. The van der Waals surface area contributed by atoms with Gasteiger partial charge in [0.2, 0.25) is 0 Å². The van der Waals surface area contributed by atoms with Gasteiger partial charge in [-0.15, -0.1) is 0 Å². The third kappa shape index (κ3) is 3.92. The summed E-state index contributed by atoms with van der Waals surface area (Å²) in [6, 6.07) is 3.76. The topological polar surface area (TPSA) is 74.2 Å². The molecule has 1 aromatic rings. The maximum absolute atomic E-state index is 12.1. The van der Waals surface area contributed by atoms with Crippen LogP contribution in [0.1, 0.15) is 43.1 Å². The molecule has 1 aliphatic carbocycles. The monoisotopic (exact) mass is 263 g/mol. The van der Waals surface area contributed by atoms with E-state index in [9.17, 15) is 9.90 Å². The first kappa shape index (κ1) is 13.8. The van der Waals surface area contributed by atoms with Crippen molar-refractivity contribution >= 4 is 11.6 Å². The second-order valence-corrected chi connectivity index (χ2v) is 4.94. The molecule has 0 saturated heterocycles. The van der Waals surface area contributed by atoms with Crippen LogP contribution in [-0.4, -0.2) is 34.7 Å². The molecule has 104 valence electrons. The molecule has 0 aromatic carbocycles. The van der Waals surface area contributed by atoms with Crippen molar-refractivity contribution in [2.45, 2.75) is 44.8 Å². The molecular formula is C14H21N3O2. The molecule has 1 aliphatic rings. The van der Waals surface area contributed by atoms with Crippen molar-refractivity contribution < 1.29 is 9.90 Å². The van der Waals surface area contributed by atoms with Crippen molar-refractivity contribution in [2.24, 2.45) is 0 Å². The minimum Gasteiger partial charge on any atom is -0.393 e. The summed E-state index contributed by atoms with van der Waals surface area (Å²) >= 11 is 0. The Morgan fingerprint density at radius 2 is 2.16 bits per heavy atom. The summed E-state index contributed by atoms with van der Waals surface area (Å²) in [6.07, 6.45) is 4.62. The highest BCUT2D eigenvalue weighted by molar-refractivity contribution is 5.93. The predicted molar refractivity (Wildman–Crippen MR) is 74.1 cm³/mol. The predicted octanol–water partition coefficient (Wildman–Crippen LogP) is 1.55. The molecule has 1 heterocycles. The number of carbonyl (C=O) groups is 1. The Morgan fingerprint density at radius 3 is 2.84 bits per heavy atom. The number of anilines is 1. The molecule has 0 aliphatic heterocycles. The molecule has 3 N–H and O–H groups in total. The maximum atomic E-state index is 12.1. The van der Waals surface area contributed by atoms with Gasteiger partial charge in [-0.1, -0.05) is 0 Å². The van der Waals surface area contributed by atoms with Gasteiger partial charge in [0.25, 0.3) is 5.91 Å². The first-order chi connectivity index (χ1) is 9.19. The Hall–Kier alpha value is -1.62. The fraction of sp³-hybridized carbons (Fsp3) is 0.571. The SMILES string of the molecule is CCNc1ccnc(C(=O)NC2CCC(O)CC2)c1. The fourth-order valence-electron chi connectivity index (χ4n) is 2.35. The maximum Gasteiger partial charge on any atom is 0.270 e. The van der Waals surface area contributed by atoms with Crippen molar-refractivity contribution in [1.82, 2.24) is 10.3 Å². The number of nitrogens with zero attached hydrogens (tertiary/aromatic N) is 1. The van der Waals surface area contributed by atoms with Crippen molar-refractivity contribution in [3.63, 3.8) is 0 Å². The number of aliphatic hydroxyl groups is 1. The van der Waals surface area contributed by atoms with E-state index < -0.39 is 0 Å². The minimum absolute atomic E-state index is 0.138. The molecule has 0 radical (unpaired) electrons. The van der Waals surface area contributed by atoms with Crippen LogP contribution < -0.4 is 10.6 Å². The van der Waals surface area contributed by atoms with Crippen molar-refractivity contribution in [3.05, 3.63) is 24.0 Å². The molecule has 2 rings (SSSR count). The van der Waals surface area contributed by atoms with Crippen molar-refractivity contribution in [1.29, 1.82) is 0 Å². The second-order valence-electron chi connectivity index (χ2n) is 4.94. The summed E-state index contributed by atoms with van der Waals surface area (Å²) in [7, 11) is 0. The zero-order valence-corrected chi connectivity index (χ0v) is 11.2. The third-order valence-electron chi connectivity index (χ3n) is 3.41. The van der Waals surface area contributed by atoms with Gasteiger partial charge in [-0.05, 0) is 44.7 Å². The number of hydrogen-bond donors (Lipinski definition) is 3. The lowest BCUT2D eigenvalue weighted by atomic mass is 9.93. The average molecular weight is 263 g/mol. The number of amides is 1. The van der Waals surface area contributed by atoms with E-state index in [1.165, 1.54) is 0 Å². The molecule has 19 heavy (non-hydrogen) atoms. The van der Waals surface area contributed by atoms with E-state index in [1.54, 1.807) is 12.3 Å². The van der Waals surface area contributed by atoms with Crippen LogP contribution in [0.5, 0.6) is 0 Å². The molecule has 1 saturated carbocycles. The second kappa shape index (κ2) is 6.52. The lowest BCUT2D eigenvalue weighted by Crippen LogP contribution is -2.38. The average Bonchev–Trinajstić information content (AvgIpc) is 2.42. The molecule has 0 spiro atoms. The van der Waals surface area contributed by atoms with Crippen LogP contribution in [0.4, 0.5) is 5.69 Å². The standard InChI is InChI=1S/C14H21N3O2/c1-2-15-11-7-8-16-13(9-11)14(19)17-10-3-5-12(18)6-4-10/h7-10,12,18H,2-6H2,1H3,(H,15,16)(H,17,19). The van der Waals surface area contributed by atoms with Crippen LogP contribution in [0.2, 0.25) is 0 Å². The summed E-state index contributed by atoms with van der Waals surface area (Å²) in [4.78, 5) is 16.2. The lowest BCUT2D eigenvalue weighted by Gasteiger charge is -2.26. The largest absolute Gasteiger partial charge is 0.393 e. The lowest BCUT2D eigenvalue weighted by molar-refractivity contribution is 0.0863. The Labute approximate surface area is 113 Å². The van der Waals surface area contributed by atoms with Crippen LogP contribution >= 0.6 is 0 Å². The highest BCUT2D eigenvalue weighted by atomic mass is 16.3. The number of carbonyl (C=O) groups excluding carboxylic acids is 1. The fourth-order valence-corrected chi connectivity index (χ4v) is 2.35. The van der Waals surface area contributed by atoms with E-state index in [0.717, 1.165) is 37.9 Å². The number of hydrogen-bond acceptors (Lipinski definition) is 4. The van der Waals surface area contributed by atoms with Crippen LogP contribution in [0.3, 0.4) is 0 Å². The zero-order chi connectivity index (χ0) is 13.7. The molecule has 5 heteroatoms. The van der Waals surface area contributed by atoms with Gasteiger partial charge in [-0.25, -0.2) is 0 Å². The highest BCUT2D eigenvalue weighted by Gasteiger charge is 2.21. The van der Waals surface area contributed by atoms with E-state index >= 15 is 0 Å². The quantitative estimate of drug-likeness (QED) is 0.770. The zero-order valence-electron chi connectivity index (χ0n) is 11.2. The van der Waals surface area contributed by atoms with Crippen molar-refractivity contribution in [3.8, 4) is 0 Å². The number of rotatable bonds is 4. The minimum atomic E-state index is -0.205. The summed E-state index contributed by atoms with van der Waals surface area (Å²) < 4.78 is 0. The van der Waals surface area contributed by atoms with Crippen LogP contribution in [0, 0.1) is 0 Å². The number of aromatic nitrogens is 1. The smallest absolute Gasteiger partial charge is 0.270 e. The van der Waals surface area contributed by atoms with E-state index in [4.69, 9.17) is 0 Å². The normalized spacial score (nSPS) is 22.8. The van der Waals surface area contributed by atoms with Gasteiger partial charge in [0, 0.05) is 24.5 Å². The number of nitrogens with one attached hydrogen (secondary N) is 2. The van der Waals surface area contributed by atoms with Crippen LogP contribution in [-0.2, 0) is 0 Å². The molecule has 1 fully saturated rings. The molecule has 1 amide bonds. The first-order valence-electron chi connectivity index (χ1n) is 6.88. The van der Waals surface area contributed by atoms with E-state index in [1.807, 2.05) is 13.0 Å². The Kier molecular flexibility index (Phi) is 4.74. The van der Waals surface area contributed by atoms with Gasteiger partial charge in [0.05, 0.1) is 6.10 Å². The van der Waals surface area contributed by atoms with Gasteiger partial charge >= 0.3 is 0 Å². The van der Waals surface area contributed by atoms with Gasteiger partial charge in [0.15, 0.2) is 0 Å². The van der Waals surface area contributed by atoms with E-state index in [-0.39, 0.29) is 18.1 Å². The molecule has 0 bridgehead atoms. The molecule has 0 atom stereocenters. The van der Waals surface area contributed by atoms with Gasteiger partial charge in [-0.2, -0.15) is 0 Å². The van der Waals surface area contributed by atoms with Gasteiger partial charge < -0.3 is 15.7 Å². The Balaban J connectivity index is 1.94. The summed E-state index contributed by atoms with van der Waals surface area (Å²) in [5, 5.41) is 15.6. The molecule has 5 nitrogen and oxygen atoms in total. The van der Waals surface area contributed by atoms with E-state index in [0.29, 0.717) is 5.69 Å². The Bertz CT molecular complexity index is 428. The van der Waals surface area contributed by atoms with Gasteiger partial charge in [0.1, 0.15) is 5.69 Å². The van der Waals surface area contributed by atoms with Gasteiger partial charge in [-0.3, -0.25) is 9.78 Å². The molecular weight excluding hydrogens is 242 g/mol. The Morgan fingerprint density at radius 1 is 1.42 bits per heavy atom. The summed E-state index contributed by atoms with van der Waals surface area (Å²) in [5.41, 5.74) is 1.34. The molecule has 0 unspecified atom stereocenters. The third-order valence-corrected chi connectivity index (χ3v) is 3.41. The first-order valence-corrected chi connectivity index (χ1v) is 6.88. The molecule has 1 aromatic heterocycles. The number of pyridine rings is 1. The number of aliphatic hydroxyl groups excluding tert-OH is 1. The summed E-state index contributed by atoms with van der Waals surface area (Å²) in [5.74, 6) is -0.138. The highest BCUT2D eigenvalue weighted by Crippen LogP contribution is 2.18.